The fourth-order valence-corrected chi connectivity index (χ4v) is 2.66. The van der Waals surface area contributed by atoms with Crippen LogP contribution in [0.15, 0.2) is 24.3 Å². The van der Waals surface area contributed by atoms with E-state index in [-0.39, 0.29) is 23.7 Å². The number of benzene rings is 1. The van der Waals surface area contributed by atoms with E-state index in [1.54, 1.807) is 0 Å². The minimum atomic E-state index is -0.351. The Hall–Kier alpha value is -1.42. The molecule has 0 bridgehead atoms. The maximum Gasteiger partial charge on any atom is 0.251 e. The van der Waals surface area contributed by atoms with Gasteiger partial charge in [0.15, 0.2) is 0 Å². The molecule has 0 aliphatic heterocycles. The van der Waals surface area contributed by atoms with Crippen LogP contribution in [-0.2, 0) is 0 Å². The van der Waals surface area contributed by atoms with Gasteiger partial charge in [0.05, 0.1) is 6.61 Å². The molecule has 0 heterocycles. The van der Waals surface area contributed by atoms with Gasteiger partial charge in [0.2, 0.25) is 0 Å². The van der Waals surface area contributed by atoms with Crippen LogP contribution < -0.4 is 5.32 Å². The van der Waals surface area contributed by atoms with Crippen molar-refractivity contribution in [3.8, 4) is 0 Å². The molecule has 0 aromatic heterocycles. The van der Waals surface area contributed by atoms with Crippen molar-refractivity contribution in [2.45, 2.75) is 32.1 Å². The summed E-state index contributed by atoms with van der Waals surface area (Å²) in [4.78, 5) is 11.9. The second-order valence-electron chi connectivity index (χ2n) is 5.41. The maximum absolute atomic E-state index is 12.8. The van der Waals surface area contributed by atoms with E-state index in [1.165, 1.54) is 30.7 Å². The molecule has 0 unspecified atom stereocenters. The Bertz CT molecular complexity index is 424. The molecule has 2 rings (SSSR count). The van der Waals surface area contributed by atoms with Crippen LogP contribution in [0.2, 0.25) is 0 Å². The molecule has 1 fully saturated rings. The normalized spacial score (nSPS) is 18.0. The largest absolute Gasteiger partial charge is 0.396 e. The minimum Gasteiger partial charge on any atom is -0.396 e. The number of halogens is 1. The van der Waals surface area contributed by atoms with Crippen molar-refractivity contribution in [3.63, 3.8) is 0 Å². The van der Waals surface area contributed by atoms with Gasteiger partial charge in [0.1, 0.15) is 5.82 Å². The molecule has 4 heteroatoms. The first-order chi connectivity index (χ1) is 9.15. The Balaban J connectivity index is 1.93. The molecule has 0 saturated heterocycles. The summed E-state index contributed by atoms with van der Waals surface area (Å²) in [5, 5.41) is 12.4. The average Bonchev–Trinajstić information content (AvgIpc) is 2.46. The van der Waals surface area contributed by atoms with Crippen molar-refractivity contribution in [1.29, 1.82) is 0 Å². The first-order valence-electron chi connectivity index (χ1n) is 6.80. The molecule has 1 aromatic rings. The van der Waals surface area contributed by atoms with E-state index < -0.39 is 0 Å². The van der Waals surface area contributed by atoms with Gasteiger partial charge in [-0.3, -0.25) is 4.79 Å². The number of rotatable bonds is 4. The Morgan fingerprint density at radius 2 is 1.84 bits per heavy atom. The van der Waals surface area contributed by atoms with Crippen LogP contribution in [0, 0.1) is 11.2 Å². The second kappa shape index (κ2) is 6.15. The molecule has 19 heavy (non-hydrogen) atoms. The molecular formula is C15H20FNO2. The number of amides is 1. The summed E-state index contributed by atoms with van der Waals surface area (Å²) in [5.74, 6) is -0.561. The summed E-state index contributed by atoms with van der Waals surface area (Å²) in [7, 11) is 0. The van der Waals surface area contributed by atoms with Gasteiger partial charge in [-0.15, -0.1) is 0 Å². The summed E-state index contributed by atoms with van der Waals surface area (Å²) in [5.41, 5.74) is 0.277. The van der Waals surface area contributed by atoms with Gasteiger partial charge in [0.25, 0.3) is 5.91 Å². The highest BCUT2D eigenvalue weighted by molar-refractivity contribution is 5.94. The summed E-state index contributed by atoms with van der Waals surface area (Å²) in [6.45, 7) is 0.594. The Morgan fingerprint density at radius 3 is 2.42 bits per heavy atom. The van der Waals surface area contributed by atoms with Crippen LogP contribution in [-0.4, -0.2) is 24.2 Å². The van der Waals surface area contributed by atoms with E-state index >= 15 is 0 Å². The van der Waals surface area contributed by atoms with Crippen molar-refractivity contribution in [2.24, 2.45) is 5.41 Å². The highest BCUT2D eigenvalue weighted by Gasteiger charge is 2.31. The zero-order chi connectivity index (χ0) is 13.7. The molecule has 1 aliphatic rings. The molecule has 3 nitrogen and oxygen atoms in total. The molecule has 0 radical (unpaired) electrons. The van der Waals surface area contributed by atoms with E-state index in [9.17, 15) is 14.3 Å². The minimum absolute atomic E-state index is 0.108. The third-order valence-corrected chi connectivity index (χ3v) is 3.98. The molecule has 1 saturated carbocycles. The highest BCUT2D eigenvalue weighted by Crippen LogP contribution is 2.35. The van der Waals surface area contributed by atoms with Gasteiger partial charge >= 0.3 is 0 Å². The lowest BCUT2D eigenvalue weighted by atomic mass is 9.74. The van der Waals surface area contributed by atoms with E-state index in [0.717, 1.165) is 25.7 Å². The smallest absolute Gasteiger partial charge is 0.251 e. The van der Waals surface area contributed by atoms with Crippen LogP contribution >= 0.6 is 0 Å². The molecule has 104 valence electrons. The Kier molecular flexibility index (Phi) is 4.53. The third kappa shape index (κ3) is 3.53. The molecule has 1 aromatic carbocycles. The van der Waals surface area contributed by atoms with Gasteiger partial charge < -0.3 is 10.4 Å². The van der Waals surface area contributed by atoms with E-state index in [0.29, 0.717) is 12.1 Å². The zero-order valence-corrected chi connectivity index (χ0v) is 11.0. The number of aliphatic hydroxyl groups excluding tert-OH is 1. The average molecular weight is 265 g/mol. The van der Waals surface area contributed by atoms with Gasteiger partial charge in [0, 0.05) is 17.5 Å². The second-order valence-corrected chi connectivity index (χ2v) is 5.41. The first-order valence-corrected chi connectivity index (χ1v) is 6.80. The molecule has 1 aliphatic carbocycles. The molecule has 0 spiro atoms. The maximum atomic E-state index is 12.8. The van der Waals surface area contributed by atoms with Crippen LogP contribution in [0.25, 0.3) is 0 Å². The summed E-state index contributed by atoms with van der Waals surface area (Å²) in [6.07, 6.45) is 5.31. The monoisotopic (exact) mass is 265 g/mol. The number of hydrogen-bond acceptors (Lipinski definition) is 2. The van der Waals surface area contributed by atoms with Crippen molar-refractivity contribution in [3.05, 3.63) is 35.6 Å². The quantitative estimate of drug-likeness (QED) is 0.878. The molecule has 2 N–H and O–H groups in total. The first kappa shape index (κ1) is 14.0. The fourth-order valence-electron chi connectivity index (χ4n) is 2.66. The van der Waals surface area contributed by atoms with Gasteiger partial charge in [-0.1, -0.05) is 19.3 Å². The van der Waals surface area contributed by atoms with Crippen LogP contribution in [0.5, 0.6) is 0 Å². The lowest BCUT2D eigenvalue weighted by Crippen LogP contribution is -2.41. The molecule has 1 amide bonds. The van der Waals surface area contributed by atoms with Crippen LogP contribution in [0.4, 0.5) is 4.39 Å². The predicted octanol–water partition coefficient (Wildman–Crippen LogP) is 2.50. The van der Waals surface area contributed by atoms with Crippen molar-refractivity contribution in [1.82, 2.24) is 5.32 Å². The topological polar surface area (TPSA) is 49.3 Å². The van der Waals surface area contributed by atoms with Crippen molar-refractivity contribution < 1.29 is 14.3 Å². The van der Waals surface area contributed by atoms with Gasteiger partial charge in [-0.25, -0.2) is 4.39 Å². The SMILES string of the molecule is O=C(NCC1(CO)CCCCC1)c1ccc(F)cc1. The Labute approximate surface area is 112 Å². The predicted molar refractivity (Wildman–Crippen MR) is 71.3 cm³/mol. The fraction of sp³-hybridized carbons (Fsp3) is 0.533. The summed E-state index contributed by atoms with van der Waals surface area (Å²) >= 11 is 0. The lowest BCUT2D eigenvalue weighted by molar-refractivity contribution is 0.0718. The van der Waals surface area contributed by atoms with Gasteiger partial charge in [-0.05, 0) is 37.1 Å². The van der Waals surface area contributed by atoms with Crippen LogP contribution in [0.3, 0.4) is 0 Å². The zero-order valence-electron chi connectivity index (χ0n) is 11.0. The van der Waals surface area contributed by atoms with Crippen molar-refractivity contribution in [2.75, 3.05) is 13.2 Å². The number of nitrogens with one attached hydrogen (secondary N) is 1. The van der Waals surface area contributed by atoms with E-state index in [4.69, 9.17) is 0 Å². The highest BCUT2D eigenvalue weighted by atomic mass is 19.1. The standard InChI is InChI=1S/C15H20FNO2/c16-13-6-4-12(5-7-13)14(19)17-10-15(11-18)8-2-1-3-9-15/h4-7,18H,1-3,8-11H2,(H,17,19). The number of carbonyl (C=O) groups is 1. The van der Waals surface area contributed by atoms with Crippen LogP contribution in [0.1, 0.15) is 42.5 Å². The van der Waals surface area contributed by atoms with E-state index in [1.807, 2.05) is 0 Å². The third-order valence-electron chi connectivity index (χ3n) is 3.98. The van der Waals surface area contributed by atoms with E-state index in [2.05, 4.69) is 5.32 Å². The number of hydrogen-bond donors (Lipinski definition) is 2. The molecular weight excluding hydrogens is 245 g/mol. The molecule has 0 atom stereocenters. The Morgan fingerprint density at radius 1 is 1.21 bits per heavy atom. The number of aliphatic hydroxyl groups is 1. The number of carbonyl (C=O) groups excluding carboxylic acids is 1. The summed E-state index contributed by atoms with van der Waals surface area (Å²) in [6, 6.07) is 5.49. The lowest BCUT2D eigenvalue weighted by Gasteiger charge is -2.35. The van der Waals surface area contributed by atoms with Gasteiger partial charge in [-0.2, -0.15) is 0 Å². The summed E-state index contributed by atoms with van der Waals surface area (Å²) < 4.78 is 12.8. The van der Waals surface area contributed by atoms with Crippen molar-refractivity contribution >= 4 is 5.91 Å².